The molecule has 13 nitrogen and oxygen atoms in total. The van der Waals surface area contributed by atoms with E-state index >= 15 is 0 Å². The van der Waals surface area contributed by atoms with E-state index in [0.717, 1.165) is 13.4 Å². The summed E-state index contributed by atoms with van der Waals surface area (Å²) < 4.78 is 38.7. The summed E-state index contributed by atoms with van der Waals surface area (Å²) in [5.41, 5.74) is -3.83. The second kappa shape index (κ2) is 11.8. The number of hydrogen-bond acceptors (Lipinski definition) is 10. The first-order chi connectivity index (χ1) is 16.7. The Hall–Kier alpha value is -3.42. The van der Waals surface area contributed by atoms with E-state index in [9.17, 15) is 32.7 Å². The maximum Gasteiger partial charge on any atom is 0.425 e. The average molecular weight is 546 g/mol. The van der Waals surface area contributed by atoms with Gasteiger partial charge in [-0.05, 0) is 65.7 Å². The third kappa shape index (κ3) is 10.6. The van der Waals surface area contributed by atoms with Crippen LogP contribution in [0.15, 0.2) is 18.3 Å². The van der Waals surface area contributed by atoms with Crippen molar-refractivity contribution in [2.45, 2.75) is 71.1 Å². The summed E-state index contributed by atoms with van der Waals surface area (Å²) in [6, 6.07) is 2.63. The first-order valence-corrected chi connectivity index (χ1v) is 13.2. The van der Waals surface area contributed by atoms with E-state index in [1.54, 1.807) is 41.5 Å². The summed E-state index contributed by atoms with van der Waals surface area (Å²) in [7, 11) is -2.57. The summed E-state index contributed by atoms with van der Waals surface area (Å²) >= 11 is 0. The summed E-state index contributed by atoms with van der Waals surface area (Å²) in [6.45, 7) is 9.60. The van der Waals surface area contributed by atoms with Gasteiger partial charge in [0.1, 0.15) is 32.4 Å². The van der Waals surface area contributed by atoms with Crippen LogP contribution in [0.3, 0.4) is 0 Å². The fourth-order valence-electron chi connectivity index (χ4n) is 2.96. The van der Waals surface area contributed by atoms with Crippen molar-refractivity contribution in [1.82, 2.24) is 10.3 Å². The van der Waals surface area contributed by atoms with Gasteiger partial charge in [0.2, 0.25) is 0 Å². The maximum absolute atomic E-state index is 12.9. The molecule has 1 unspecified atom stereocenters. The van der Waals surface area contributed by atoms with Crippen LogP contribution in [0.1, 0.15) is 53.5 Å². The number of imide groups is 1. The van der Waals surface area contributed by atoms with Gasteiger partial charge in [-0.3, -0.25) is 0 Å². The van der Waals surface area contributed by atoms with Crippen molar-refractivity contribution in [3.63, 3.8) is 0 Å². The Morgan fingerprint density at radius 2 is 1.54 bits per heavy atom. The van der Waals surface area contributed by atoms with Crippen molar-refractivity contribution >= 4 is 39.9 Å². The summed E-state index contributed by atoms with van der Waals surface area (Å²) in [5.74, 6) is -2.30. The van der Waals surface area contributed by atoms with Crippen molar-refractivity contribution in [3.05, 3.63) is 23.9 Å². The van der Waals surface area contributed by atoms with Gasteiger partial charge in [0.05, 0.1) is 12.9 Å². The molecule has 0 fully saturated rings. The summed E-state index contributed by atoms with van der Waals surface area (Å²) in [4.78, 5) is 54.7. The molecule has 0 aliphatic heterocycles. The minimum absolute atomic E-state index is 0.203. The molecular weight excluding hydrogens is 510 g/mol. The number of pyridine rings is 1. The number of ether oxygens (including phenoxy) is 3. The number of aromatic nitrogens is 1. The molecule has 1 atom stereocenters. The minimum Gasteiger partial charge on any atom is -0.479 e. The largest absolute Gasteiger partial charge is 0.479 e. The molecule has 0 radical (unpaired) electrons. The van der Waals surface area contributed by atoms with E-state index in [-0.39, 0.29) is 11.4 Å². The van der Waals surface area contributed by atoms with Gasteiger partial charge in [-0.15, -0.1) is 0 Å². The van der Waals surface area contributed by atoms with E-state index in [1.807, 2.05) is 0 Å². The van der Waals surface area contributed by atoms with E-state index in [2.05, 4.69) is 15.0 Å². The van der Waals surface area contributed by atoms with Crippen LogP contribution in [0.4, 0.5) is 20.2 Å². The lowest BCUT2D eigenvalue weighted by Gasteiger charge is -2.30. The van der Waals surface area contributed by atoms with Crippen LogP contribution in [0.25, 0.3) is 0 Å². The molecule has 14 heteroatoms. The molecule has 1 aromatic heterocycles. The molecule has 37 heavy (non-hydrogen) atoms. The third-order valence-electron chi connectivity index (χ3n) is 4.53. The Morgan fingerprint density at radius 1 is 1.03 bits per heavy atom. The Labute approximate surface area is 216 Å². The normalized spacial score (nSPS) is 13.6. The number of aliphatic carboxylic acids is 1. The lowest BCUT2D eigenvalue weighted by atomic mass is 9.88. The molecule has 0 aliphatic carbocycles. The molecule has 2 N–H and O–H groups in total. The van der Waals surface area contributed by atoms with E-state index in [4.69, 9.17) is 9.47 Å². The van der Waals surface area contributed by atoms with Gasteiger partial charge >= 0.3 is 24.2 Å². The fraction of sp³-hybridized carbons (Fsp3) is 0.609. The monoisotopic (exact) mass is 545 g/mol. The number of carboxylic acids is 1. The topological polar surface area (TPSA) is 178 Å². The number of carboxylic acid groups (broad SMARTS) is 1. The van der Waals surface area contributed by atoms with Crippen LogP contribution < -0.4 is 10.2 Å². The molecule has 0 spiro atoms. The van der Waals surface area contributed by atoms with Crippen molar-refractivity contribution in [1.29, 1.82) is 0 Å². The first kappa shape index (κ1) is 31.6. The quantitative estimate of drug-likeness (QED) is 0.459. The maximum atomic E-state index is 12.9. The molecule has 1 rings (SSSR count). The predicted octanol–water partition coefficient (Wildman–Crippen LogP) is 2.91. The second-order valence-corrected chi connectivity index (χ2v) is 12.6. The van der Waals surface area contributed by atoms with Gasteiger partial charge in [0.25, 0.3) is 0 Å². The zero-order valence-electron chi connectivity index (χ0n) is 22.3. The van der Waals surface area contributed by atoms with Crippen LogP contribution in [-0.2, 0) is 35.3 Å². The van der Waals surface area contributed by atoms with Crippen LogP contribution in [0, 0.1) is 0 Å². The highest BCUT2D eigenvalue weighted by Gasteiger charge is 2.42. The Morgan fingerprint density at radius 3 is 1.95 bits per heavy atom. The number of sulfone groups is 1. The van der Waals surface area contributed by atoms with Gasteiger partial charge in [0.15, 0.2) is 0 Å². The number of nitrogens with zero attached hydrogens (tertiary/aromatic N) is 2. The lowest BCUT2D eigenvalue weighted by molar-refractivity contribution is -0.144. The van der Waals surface area contributed by atoms with Crippen molar-refractivity contribution in [2.75, 3.05) is 24.0 Å². The van der Waals surface area contributed by atoms with Crippen LogP contribution in [-0.4, -0.2) is 78.6 Å². The molecule has 0 bridgehead atoms. The van der Waals surface area contributed by atoms with Gasteiger partial charge in [0, 0.05) is 18.9 Å². The van der Waals surface area contributed by atoms with Crippen LogP contribution >= 0.6 is 0 Å². The molecular formula is C23H35N3O10S. The number of amides is 3. The standard InChI is InChI=1S/C23H35N3O10S/c1-21(2,3)35-19(30)26(20(31)36-22(4,5)6)16-13-15(9-11-24-16)14-23(17(27)28,25-18(29)34-7)10-12-37(8,32)33/h9,11,13H,10,12,14H2,1-8H3,(H,25,29)(H,27,28). The highest BCUT2D eigenvalue weighted by molar-refractivity contribution is 7.90. The smallest absolute Gasteiger partial charge is 0.425 e. The molecule has 208 valence electrons. The Balaban J connectivity index is 3.56. The highest BCUT2D eigenvalue weighted by Crippen LogP contribution is 2.25. The second-order valence-electron chi connectivity index (χ2n) is 10.4. The molecule has 1 aromatic rings. The number of carbonyl (C=O) groups excluding carboxylic acids is 3. The van der Waals surface area contributed by atoms with Crippen LogP contribution in [0.5, 0.6) is 0 Å². The zero-order chi connectivity index (χ0) is 28.8. The summed E-state index contributed by atoms with van der Waals surface area (Å²) in [5, 5.41) is 12.2. The van der Waals surface area contributed by atoms with Crippen LogP contribution in [0.2, 0.25) is 0 Å². The molecule has 1 heterocycles. The number of nitrogens with one attached hydrogen (secondary N) is 1. The number of hydrogen-bond donors (Lipinski definition) is 2. The Bertz CT molecular complexity index is 1090. The van der Waals surface area contributed by atoms with Crippen molar-refractivity contribution < 1.29 is 46.9 Å². The third-order valence-corrected chi connectivity index (χ3v) is 5.48. The molecule has 0 saturated carbocycles. The van der Waals surface area contributed by atoms with Gasteiger partial charge < -0.3 is 24.6 Å². The number of methoxy groups -OCH3 is 1. The fourth-order valence-corrected chi connectivity index (χ4v) is 3.67. The molecule has 0 aliphatic rings. The number of anilines is 1. The molecule has 3 amide bonds. The van der Waals surface area contributed by atoms with Gasteiger partial charge in [-0.1, -0.05) is 0 Å². The lowest BCUT2D eigenvalue weighted by Crippen LogP contribution is -2.57. The van der Waals surface area contributed by atoms with Crippen molar-refractivity contribution in [3.8, 4) is 0 Å². The summed E-state index contributed by atoms with van der Waals surface area (Å²) in [6.07, 6.45) is -2.03. The molecule has 0 saturated heterocycles. The van der Waals surface area contributed by atoms with Gasteiger partial charge in [-0.25, -0.2) is 32.6 Å². The number of alkyl carbamates (subject to hydrolysis) is 1. The Kier molecular flexibility index (Phi) is 10.0. The van der Waals surface area contributed by atoms with Gasteiger partial charge in [-0.2, -0.15) is 4.90 Å². The van der Waals surface area contributed by atoms with E-state index < -0.39 is 69.4 Å². The zero-order valence-corrected chi connectivity index (χ0v) is 23.1. The predicted molar refractivity (Wildman–Crippen MR) is 133 cm³/mol. The van der Waals surface area contributed by atoms with E-state index in [1.165, 1.54) is 18.3 Å². The first-order valence-electron chi connectivity index (χ1n) is 11.2. The van der Waals surface area contributed by atoms with Crippen molar-refractivity contribution in [2.24, 2.45) is 0 Å². The molecule has 0 aromatic carbocycles. The highest BCUT2D eigenvalue weighted by atomic mass is 32.2. The number of rotatable bonds is 8. The average Bonchev–Trinajstić information content (AvgIpc) is 2.69. The SMILES string of the molecule is COC(=O)NC(CCS(C)(=O)=O)(Cc1ccnc(N(C(=O)OC(C)(C)C)C(=O)OC(C)(C)C)c1)C(=O)O. The van der Waals surface area contributed by atoms with E-state index in [0.29, 0.717) is 4.90 Å². The number of carbonyl (C=O) groups is 4. The minimum atomic E-state index is -3.60.